The van der Waals surface area contributed by atoms with Gasteiger partial charge < -0.3 is 10.1 Å². The van der Waals surface area contributed by atoms with Crippen molar-refractivity contribution < 1.29 is 22.3 Å². The van der Waals surface area contributed by atoms with E-state index in [1.165, 1.54) is 22.9 Å². The van der Waals surface area contributed by atoms with Gasteiger partial charge in [-0.3, -0.25) is 4.79 Å². The Morgan fingerprint density at radius 2 is 1.93 bits per heavy atom. The maximum atomic E-state index is 14.0. The van der Waals surface area contributed by atoms with Crippen LogP contribution in [-0.4, -0.2) is 42.7 Å². The van der Waals surface area contributed by atoms with Crippen LogP contribution in [0.15, 0.2) is 54.6 Å². The first kappa shape index (κ1) is 20.1. The fourth-order valence-electron chi connectivity index (χ4n) is 3.47. The number of halogens is 1. The van der Waals surface area contributed by atoms with Gasteiger partial charge >= 0.3 is 0 Å². The van der Waals surface area contributed by atoms with Crippen molar-refractivity contribution in [1.29, 1.82) is 0 Å². The Labute approximate surface area is 173 Å². The minimum absolute atomic E-state index is 0.0562. The molecule has 2 aromatic carbocycles. The summed E-state index contributed by atoms with van der Waals surface area (Å²) < 4.78 is 44.6. The number of carbonyl (C=O) groups is 1. The Kier molecular flexibility index (Phi) is 5.29. The van der Waals surface area contributed by atoms with Gasteiger partial charge in [-0.15, -0.1) is 0 Å². The molecule has 1 saturated heterocycles. The van der Waals surface area contributed by atoms with Gasteiger partial charge in [-0.2, -0.15) is 5.10 Å². The summed E-state index contributed by atoms with van der Waals surface area (Å²) in [6.07, 6.45) is 0.397. The van der Waals surface area contributed by atoms with E-state index in [2.05, 4.69) is 10.4 Å². The molecule has 3 aromatic rings. The summed E-state index contributed by atoms with van der Waals surface area (Å²) in [5, 5.41) is 7.24. The van der Waals surface area contributed by atoms with E-state index in [0.29, 0.717) is 23.7 Å². The highest BCUT2D eigenvalue weighted by molar-refractivity contribution is 7.91. The van der Waals surface area contributed by atoms with Crippen molar-refractivity contribution in [2.24, 2.45) is 0 Å². The fourth-order valence-corrected chi connectivity index (χ4v) is 5.16. The van der Waals surface area contributed by atoms with Crippen LogP contribution < -0.4 is 10.1 Å². The molecule has 1 N–H and O–H groups in total. The first-order chi connectivity index (χ1) is 14.4. The van der Waals surface area contributed by atoms with Crippen molar-refractivity contribution in [3.8, 4) is 17.0 Å². The van der Waals surface area contributed by atoms with Crippen LogP contribution in [0, 0.1) is 5.82 Å². The van der Waals surface area contributed by atoms with Gasteiger partial charge in [0.05, 0.1) is 35.9 Å². The number of nitrogens with zero attached hydrogens (tertiary/aromatic N) is 2. The molecule has 2 heterocycles. The standard InChI is InChI=1S/C21H20FN3O4S/c1-29-16-8-6-14(7-9-16)19-12-20(23-21(26)17-4-2-3-5-18(17)22)25(24-19)15-10-11-30(27,28)13-15/h2-9,12,15H,10-11,13H2,1H3,(H,23,26)/t15-/m1/s1. The average Bonchev–Trinajstić information content (AvgIpc) is 3.31. The highest BCUT2D eigenvalue weighted by Gasteiger charge is 2.32. The smallest absolute Gasteiger partial charge is 0.259 e. The lowest BCUT2D eigenvalue weighted by molar-refractivity contribution is 0.102. The molecule has 156 valence electrons. The third-order valence-electron chi connectivity index (χ3n) is 5.04. The van der Waals surface area contributed by atoms with Crippen LogP contribution in [-0.2, 0) is 9.84 Å². The monoisotopic (exact) mass is 429 g/mol. The van der Waals surface area contributed by atoms with Crippen molar-refractivity contribution >= 4 is 21.6 Å². The van der Waals surface area contributed by atoms with Gasteiger partial charge in [0.15, 0.2) is 9.84 Å². The van der Waals surface area contributed by atoms with Crippen LogP contribution >= 0.6 is 0 Å². The number of amides is 1. The summed E-state index contributed by atoms with van der Waals surface area (Å²) in [5.41, 5.74) is 1.23. The molecule has 1 fully saturated rings. The lowest BCUT2D eigenvalue weighted by atomic mass is 10.1. The normalized spacial score (nSPS) is 17.6. The van der Waals surface area contributed by atoms with Gasteiger partial charge in [0.1, 0.15) is 17.4 Å². The molecule has 1 aromatic heterocycles. The Hall–Kier alpha value is -3.20. The zero-order valence-electron chi connectivity index (χ0n) is 16.2. The van der Waals surface area contributed by atoms with Crippen molar-refractivity contribution in [3.63, 3.8) is 0 Å². The predicted octanol–water partition coefficient (Wildman–Crippen LogP) is 3.31. The first-order valence-electron chi connectivity index (χ1n) is 9.36. The zero-order chi connectivity index (χ0) is 21.3. The number of benzene rings is 2. The molecule has 1 aliphatic heterocycles. The Bertz CT molecular complexity index is 1190. The Morgan fingerprint density at radius 1 is 1.20 bits per heavy atom. The van der Waals surface area contributed by atoms with Crippen LogP contribution in [0.25, 0.3) is 11.3 Å². The van der Waals surface area contributed by atoms with Gasteiger partial charge in [-0.1, -0.05) is 12.1 Å². The van der Waals surface area contributed by atoms with Crippen LogP contribution in [0.3, 0.4) is 0 Å². The van der Waals surface area contributed by atoms with Crippen LogP contribution in [0.5, 0.6) is 5.75 Å². The number of aromatic nitrogens is 2. The van der Waals surface area contributed by atoms with Crippen molar-refractivity contribution in [1.82, 2.24) is 9.78 Å². The van der Waals surface area contributed by atoms with E-state index in [9.17, 15) is 17.6 Å². The van der Waals surface area contributed by atoms with Crippen molar-refractivity contribution in [2.45, 2.75) is 12.5 Å². The van der Waals surface area contributed by atoms with Crippen LogP contribution in [0.4, 0.5) is 10.2 Å². The molecule has 7 nitrogen and oxygen atoms in total. The van der Waals surface area contributed by atoms with E-state index in [1.807, 2.05) is 12.1 Å². The minimum atomic E-state index is -3.16. The summed E-state index contributed by atoms with van der Waals surface area (Å²) in [5.74, 6) is -0.254. The van der Waals surface area contributed by atoms with E-state index in [-0.39, 0.29) is 17.1 Å². The maximum Gasteiger partial charge on any atom is 0.259 e. The third-order valence-corrected chi connectivity index (χ3v) is 6.79. The molecular weight excluding hydrogens is 409 g/mol. The number of rotatable bonds is 5. The Balaban J connectivity index is 1.70. The molecule has 1 amide bonds. The van der Waals surface area contributed by atoms with Gasteiger partial charge in [-0.25, -0.2) is 17.5 Å². The van der Waals surface area contributed by atoms with Crippen LogP contribution in [0.1, 0.15) is 22.8 Å². The topological polar surface area (TPSA) is 90.3 Å². The van der Waals surface area contributed by atoms with E-state index in [0.717, 1.165) is 5.56 Å². The van der Waals surface area contributed by atoms with Gasteiger partial charge in [0.25, 0.3) is 5.91 Å². The quantitative estimate of drug-likeness (QED) is 0.672. The summed E-state index contributed by atoms with van der Waals surface area (Å²) in [4.78, 5) is 12.6. The minimum Gasteiger partial charge on any atom is -0.497 e. The van der Waals surface area contributed by atoms with E-state index >= 15 is 0 Å². The largest absolute Gasteiger partial charge is 0.497 e. The summed E-state index contributed by atoms with van der Waals surface area (Å²) in [6, 6.07) is 14.1. The number of ether oxygens (including phenoxy) is 1. The van der Waals surface area contributed by atoms with E-state index in [4.69, 9.17) is 4.74 Å². The van der Waals surface area contributed by atoms with Gasteiger partial charge in [0, 0.05) is 11.6 Å². The second-order valence-electron chi connectivity index (χ2n) is 7.08. The second-order valence-corrected chi connectivity index (χ2v) is 9.31. The average molecular weight is 429 g/mol. The van der Waals surface area contributed by atoms with E-state index in [1.54, 1.807) is 31.4 Å². The number of hydrogen-bond acceptors (Lipinski definition) is 5. The summed E-state index contributed by atoms with van der Waals surface area (Å²) in [6.45, 7) is 0. The molecular formula is C21H20FN3O4S. The number of nitrogens with one attached hydrogen (secondary N) is 1. The van der Waals surface area contributed by atoms with E-state index < -0.39 is 27.6 Å². The molecule has 1 atom stereocenters. The number of hydrogen-bond donors (Lipinski definition) is 1. The molecule has 0 spiro atoms. The maximum absolute atomic E-state index is 14.0. The SMILES string of the molecule is COc1ccc(-c2cc(NC(=O)c3ccccc3F)n([C@@H]3CCS(=O)(=O)C3)n2)cc1. The molecule has 9 heteroatoms. The Morgan fingerprint density at radius 3 is 2.57 bits per heavy atom. The van der Waals surface area contributed by atoms with Crippen LogP contribution in [0.2, 0.25) is 0 Å². The second kappa shape index (κ2) is 7.91. The van der Waals surface area contributed by atoms with Crippen molar-refractivity contribution in [3.05, 3.63) is 66.0 Å². The van der Waals surface area contributed by atoms with Crippen molar-refractivity contribution in [2.75, 3.05) is 23.9 Å². The number of carbonyl (C=O) groups excluding carboxylic acids is 1. The molecule has 0 radical (unpaired) electrons. The zero-order valence-corrected chi connectivity index (χ0v) is 17.0. The molecule has 4 rings (SSSR count). The highest BCUT2D eigenvalue weighted by atomic mass is 32.2. The fraction of sp³-hybridized carbons (Fsp3) is 0.238. The van der Waals surface area contributed by atoms with Gasteiger partial charge in [-0.05, 0) is 42.8 Å². The summed E-state index contributed by atoms with van der Waals surface area (Å²) in [7, 11) is -1.59. The highest BCUT2D eigenvalue weighted by Crippen LogP contribution is 2.31. The molecule has 30 heavy (non-hydrogen) atoms. The third kappa shape index (κ3) is 4.06. The van der Waals surface area contributed by atoms with Gasteiger partial charge in [0.2, 0.25) is 0 Å². The lowest BCUT2D eigenvalue weighted by Crippen LogP contribution is -2.20. The lowest BCUT2D eigenvalue weighted by Gasteiger charge is -2.14. The summed E-state index contributed by atoms with van der Waals surface area (Å²) >= 11 is 0. The molecule has 0 saturated carbocycles. The predicted molar refractivity (Wildman–Crippen MR) is 111 cm³/mol. The first-order valence-corrected chi connectivity index (χ1v) is 11.2. The number of methoxy groups -OCH3 is 1. The number of sulfone groups is 1. The molecule has 0 aliphatic carbocycles. The molecule has 0 bridgehead atoms. The molecule has 1 aliphatic rings. The number of anilines is 1. The molecule has 0 unspecified atom stereocenters.